The summed E-state index contributed by atoms with van der Waals surface area (Å²) < 4.78 is 13.7. The molecular weight excluding hydrogens is 191 g/mol. The van der Waals surface area contributed by atoms with Gasteiger partial charge in [-0.15, -0.1) is 0 Å². The number of nitrogens with zero attached hydrogens (tertiary/aromatic N) is 1. The minimum absolute atomic E-state index is 0.0949. The van der Waals surface area contributed by atoms with Crippen molar-refractivity contribution in [2.24, 2.45) is 5.73 Å². The third-order valence-electron chi connectivity index (χ3n) is 3.00. The summed E-state index contributed by atoms with van der Waals surface area (Å²) in [7, 11) is 2.00. The molecule has 2 rings (SSSR count). The summed E-state index contributed by atoms with van der Waals surface area (Å²) in [5.74, 6) is 0.147. The van der Waals surface area contributed by atoms with Crippen molar-refractivity contribution in [3.05, 3.63) is 29.6 Å². The second-order valence-corrected chi connectivity index (χ2v) is 4.46. The second kappa shape index (κ2) is 3.81. The minimum Gasteiger partial charge on any atom is -0.374 e. The monoisotopic (exact) mass is 208 g/mol. The Kier molecular flexibility index (Phi) is 2.65. The molecule has 82 valence electrons. The molecule has 3 heteroatoms. The van der Waals surface area contributed by atoms with E-state index in [1.54, 1.807) is 6.07 Å². The highest BCUT2D eigenvalue weighted by Gasteiger charge is 2.29. The van der Waals surface area contributed by atoms with Crippen molar-refractivity contribution in [1.29, 1.82) is 0 Å². The van der Waals surface area contributed by atoms with Crippen LogP contribution in [0.2, 0.25) is 0 Å². The molecule has 0 aromatic heterocycles. The molecule has 2 atom stereocenters. The van der Waals surface area contributed by atoms with E-state index in [0.29, 0.717) is 0 Å². The SMILES string of the molecule is CC(N)CC1CN(C)c2cccc(F)c21. The first-order chi connectivity index (χ1) is 7.09. The summed E-state index contributed by atoms with van der Waals surface area (Å²) in [6.07, 6.45) is 0.846. The largest absolute Gasteiger partial charge is 0.374 e. The van der Waals surface area contributed by atoms with Crippen LogP contribution in [-0.2, 0) is 0 Å². The van der Waals surface area contributed by atoms with Crippen molar-refractivity contribution < 1.29 is 4.39 Å². The van der Waals surface area contributed by atoms with E-state index in [-0.39, 0.29) is 17.8 Å². The van der Waals surface area contributed by atoms with Crippen LogP contribution in [-0.4, -0.2) is 19.6 Å². The van der Waals surface area contributed by atoms with Crippen molar-refractivity contribution in [2.75, 3.05) is 18.5 Å². The molecule has 15 heavy (non-hydrogen) atoms. The molecule has 1 aromatic carbocycles. The van der Waals surface area contributed by atoms with Crippen LogP contribution in [0.1, 0.15) is 24.8 Å². The molecule has 0 saturated heterocycles. The maximum absolute atomic E-state index is 13.7. The summed E-state index contributed by atoms with van der Waals surface area (Å²) in [6.45, 7) is 2.84. The van der Waals surface area contributed by atoms with Crippen LogP contribution in [0, 0.1) is 5.82 Å². The summed E-state index contributed by atoms with van der Waals surface area (Å²) in [5.41, 5.74) is 7.64. The smallest absolute Gasteiger partial charge is 0.128 e. The predicted molar refractivity (Wildman–Crippen MR) is 60.7 cm³/mol. The van der Waals surface area contributed by atoms with Gasteiger partial charge in [0.15, 0.2) is 0 Å². The van der Waals surface area contributed by atoms with Crippen molar-refractivity contribution in [2.45, 2.75) is 25.3 Å². The Labute approximate surface area is 89.9 Å². The number of rotatable bonds is 2. The molecule has 1 aliphatic rings. The average Bonchev–Trinajstić information content (AvgIpc) is 2.44. The molecule has 0 radical (unpaired) electrons. The lowest BCUT2D eigenvalue weighted by molar-refractivity contribution is 0.540. The normalized spacial score (nSPS) is 21.6. The Morgan fingerprint density at radius 1 is 1.60 bits per heavy atom. The first-order valence-electron chi connectivity index (χ1n) is 5.34. The van der Waals surface area contributed by atoms with Crippen molar-refractivity contribution in [3.63, 3.8) is 0 Å². The number of nitrogens with two attached hydrogens (primary N) is 1. The van der Waals surface area contributed by atoms with E-state index in [2.05, 4.69) is 4.90 Å². The van der Waals surface area contributed by atoms with E-state index in [1.807, 2.05) is 20.0 Å². The average molecular weight is 208 g/mol. The second-order valence-electron chi connectivity index (χ2n) is 4.46. The van der Waals surface area contributed by atoms with Gasteiger partial charge in [0.1, 0.15) is 5.82 Å². The quantitative estimate of drug-likeness (QED) is 0.806. The standard InChI is InChI=1S/C12H17FN2/c1-8(14)6-9-7-15(2)11-5-3-4-10(13)12(9)11/h3-5,8-9H,6-7,14H2,1-2H3. The zero-order chi connectivity index (χ0) is 11.0. The van der Waals surface area contributed by atoms with E-state index in [0.717, 1.165) is 24.2 Å². The molecular formula is C12H17FN2. The minimum atomic E-state index is -0.0949. The summed E-state index contributed by atoms with van der Waals surface area (Å²) in [6, 6.07) is 5.39. The highest BCUT2D eigenvalue weighted by Crippen LogP contribution is 2.38. The molecule has 2 nitrogen and oxygen atoms in total. The van der Waals surface area contributed by atoms with Gasteiger partial charge in [-0.2, -0.15) is 0 Å². The first kappa shape index (κ1) is 10.4. The molecule has 0 amide bonds. The van der Waals surface area contributed by atoms with Gasteiger partial charge in [-0.3, -0.25) is 0 Å². The predicted octanol–water partition coefficient (Wildman–Crippen LogP) is 2.10. The van der Waals surface area contributed by atoms with Gasteiger partial charge >= 0.3 is 0 Å². The summed E-state index contributed by atoms with van der Waals surface area (Å²) in [5, 5.41) is 0. The van der Waals surface area contributed by atoms with Gasteiger partial charge < -0.3 is 10.6 Å². The first-order valence-corrected chi connectivity index (χ1v) is 5.34. The molecule has 0 spiro atoms. The molecule has 1 aromatic rings. The number of anilines is 1. The third kappa shape index (κ3) is 1.84. The molecule has 2 N–H and O–H groups in total. The number of halogens is 1. The van der Waals surface area contributed by atoms with Gasteiger partial charge in [0.25, 0.3) is 0 Å². The van der Waals surface area contributed by atoms with Crippen LogP contribution in [0.4, 0.5) is 10.1 Å². The Morgan fingerprint density at radius 2 is 2.33 bits per heavy atom. The number of likely N-dealkylation sites (N-methyl/N-ethyl adjacent to an activating group) is 1. The molecule has 1 heterocycles. The van der Waals surface area contributed by atoms with Crippen LogP contribution in [0.5, 0.6) is 0 Å². The number of hydrogen-bond donors (Lipinski definition) is 1. The van der Waals surface area contributed by atoms with Crippen LogP contribution in [0.15, 0.2) is 18.2 Å². The fourth-order valence-electron chi connectivity index (χ4n) is 2.42. The Morgan fingerprint density at radius 3 is 3.00 bits per heavy atom. The molecule has 0 saturated carbocycles. The maximum atomic E-state index is 13.7. The van der Waals surface area contributed by atoms with Gasteiger partial charge in [0.2, 0.25) is 0 Å². The molecule has 0 fully saturated rings. The number of hydrogen-bond acceptors (Lipinski definition) is 2. The van der Waals surface area contributed by atoms with Gasteiger partial charge in [-0.05, 0) is 25.5 Å². The van der Waals surface area contributed by atoms with E-state index >= 15 is 0 Å². The summed E-state index contributed by atoms with van der Waals surface area (Å²) >= 11 is 0. The van der Waals surface area contributed by atoms with E-state index in [4.69, 9.17) is 5.73 Å². The van der Waals surface area contributed by atoms with E-state index in [9.17, 15) is 4.39 Å². The Hall–Kier alpha value is -1.09. The lowest BCUT2D eigenvalue weighted by Gasteiger charge is -2.14. The van der Waals surface area contributed by atoms with Gasteiger partial charge in [-0.1, -0.05) is 6.07 Å². The molecule has 2 unspecified atom stereocenters. The van der Waals surface area contributed by atoms with Crippen molar-refractivity contribution in [3.8, 4) is 0 Å². The Balaban J connectivity index is 2.35. The fourth-order valence-corrected chi connectivity index (χ4v) is 2.42. The van der Waals surface area contributed by atoms with Crippen LogP contribution >= 0.6 is 0 Å². The van der Waals surface area contributed by atoms with Crippen LogP contribution in [0.3, 0.4) is 0 Å². The van der Waals surface area contributed by atoms with E-state index < -0.39 is 0 Å². The summed E-state index contributed by atoms with van der Waals surface area (Å²) in [4.78, 5) is 2.10. The molecule has 0 aliphatic carbocycles. The number of fused-ring (bicyclic) bond motifs is 1. The zero-order valence-corrected chi connectivity index (χ0v) is 9.20. The van der Waals surface area contributed by atoms with Gasteiger partial charge in [0, 0.05) is 36.8 Å². The topological polar surface area (TPSA) is 29.3 Å². The fraction of sp³-hybridized carbons (Fsp3) is 0.500. The highest BCUT2D eigenvalue weighted by molar-refractivity contribution is 5.60. The number of benzene rings is 1. The van der Waals surface area contributed by atoms with Gasteiger partial charge in [-0.25, -0.2) is 4.39 Å². The lowest BCUT2D eigenvalue weighted by Crippen LogP contribution is -2.22. The van der Waals surface area contributed by atoms with Gasteiger partial charge in [0.05, 0.1) is 0 Å². The molecule has 0 bridgehead atoms. The highest BCUT2D eigenvalue weighted by atomic mass is 19.1. The Bertz CT molecular complexity index is 361. The van der Waals surface area contributed by atoms with Crippen molar-refractivity contribution >= 4 is 5.69 Å². The zero-order valence-electron chi connectivity index (χ0n) is 9.20. The van der Waals surface area contributed by atoms with Crippen LogP contribution in [0.25, 0.3) is 0 Å². The van der Waals surface area contributed by atoms with Crippen molar-refractivity contribution in [1.82, 2.24) is 0 Å². The van der Waals surface area contributed by atoms with Crippen LogP contribution < -0.4 is 10.6 Å². The maximum Gasteiger partial charge on any atom is 0.128 e. The lowest BCUT2D eigenvalue weighted by atomic mass is 9.94. The molecule has 1 aliphatic heterocycles. The van der Waals surface area contributed by atoms with E-state index in [1.165, 1.54) is 6.07 Å². The third-order valence-corrected chi connectivity index (χ3v) is 3.00.